The fourth-order valence-corrected chi connectivity index (χ4v) is 6.12. The van der Waals surface area contributed by atoms with Crippen molar-refractivity contribution in [1.82, 2.24) is 25.1 Å². The molecule has 4 heterocycles. The molecule has 5 aromatic rings. The van der Waals surface area contributed by atoms with Crippen LogP contribution in [-0.4, -0.2) is 57.3 Å². The van der Waals surface area contributed by atoms with E-state index in [1.54, 1.807) is 36.4 Å². The van der Waals surface area contributed by atoms with E-state index in [1.807, 2.05) is 12.1 Å². The average molecular weight is 702 g/mol. The van der Waals surface area contributed by atoms with Crippen LogP contribution in [0.4, 0.5) is 24.7 Å². The van der Waals surface area contributed by atoms with Gasteiger partial charge in [-0.3, -0.25) is 4.79 Å². The third-order valence-corrected chi connectivity index (χ3v) is 8.86. The Morgan fingerprint density at radius 3 is 2.52 bits per heavy atom. The molecule has 0 radical (unpaired) electrons. The van der Waals surface area contributed by atoms with E-state index in [0.29, 0.717) is 52.9 Å². The summed E-state index contributed by atoms with van der Waals surface area (Å²) in [6.45, 7) is 1.26. The standard InChI is InChI=1S/C33H29Cl2F3N6O4/c1-44-32(46)27-18(15-40-44)13-26(33(36,37)38)43-30(27)41-24-8-4-6-20(29(24)35)19-5-3-7-21(28(19)34)22-10-9-17(31(42-22)47-2)14-39-23-11-12-48-16-25(23)45/h3-10,13,15,23,25,39,45H,11-12,14,16H2,1-2H3,(H,41,43). The number of fused-ring (bicyclic) bond motifs is 1. The molecule has 0 amide bonds. The average Bonchev–Trinajstić information content (AvgIpc) is 3.06. The van der Waals surface area contributed by atoms with Crippen molar-refractivity contribution in [3.8, 4) is 28.3 Å². The molecule has 1 saturated heterocycles. The van der Waals surface area contributed by atoms with Crippen molar-refractivity contribution in [3.63, 3.8) is 0 Å². The second-order valence-corrected chi connectivity index (χ2v) is 11.9. The lowest BCUT2D eigenvalue weighted by Gasteiger charge is -2.28. The highest BCUT2D eigenvalue weighted by molar-refractivity contribution is 6.39. The molecule has 1 aliphatic rings. The zero-order valence-electron chi connectivity index (χ0n) is 25.6. The van der Waals surface area contributed by atoms with E-state index < -0.39 is 23.5 Å². The highest BCUT2D eigenvalue weighted by atomic mass is 35.5. The van der Waals surface area contributed by atoms with Crippen molar-refractivity contribution >= 4 is 45.5 Å². The predicted molar refractivity (Wildman–Crippen MR) is 177 cm³/mol. The van der Waals surface area contributed by atoms with Gasteiger partial charge in [0.2, 0.25) is 5.88 Å². The van der Waals surface area contributed by atoms with Crippen LogP contribution in [-0.2, 0) is 24.5 Å². The molecule has 10 nitrogen and oxygen atoms in total. The Balaban J connectivity index is 1.34. The lowest BCUT2D eigenvalue weighted by Crippen LogP contribution is -2.46. The van der Waals surface area contributed by atoms with Crippen molar-refractivity contribution in [2.45, 2.75) is 31.3 Å². The molecule has 0 bridgehead atoms. The van der Waals surface area contributed by atoms with Gasteiger partial charge in [0.15, 0.2) is 0 Å². The molecule has 15 heteroatoms. The van der Waals surface area contributed by atoms with E-state index in [9.17, 15) is 23.1 Å². The zero-order chi connectivity index (χ0) is 34.2. The number of benzene rings is 2. The van der Waals surface area contributed by atoms with Crippen LogP contribution in [0.1, 0.15) is 17.7 Å². The molecule has 6 rings (SSSR count). The number of rotatable bonds is 8. The fourth-order valence-electron chi connectivity index (χ4n) is 5.52. The number of aryl methyl sites for hydroxylation is 1. The van der Waals surface area contributed by atoms with Crippen molar-refractivity contribution in [2.24, 2.45) is 7.05 Å². The summed E-state index contributed by atoms with van der Waals surface area (Å²) in [4.78, 5) is 21.4. The normalized spacial score (nSPS) is 16.7. The van der Waals surface area contributed by atoms with E-state index in [4.69, 9.17) is 37.7 Å². The van der Waals surface area contributed by atoms with Gasteiger partial charge < -0.3 is 25.2 Å². The molecular formula is C33H29Cl2F3N6O4. The molecule has 0 spiro atoms. The first-order valence-electron chi connectivity index (χ1n) is 14.8. The molecule has 2 aromatic carbocycles. The second kappa shape index (κ2) is 13.7. The lowest BCUT2D eigenvalue weighted by atomic mass is 10.00. The van der Waals surface area contributed by atoms with Crippen molar-refractivity contribution in [3.05, 3.63) is 92.5 Å². The van der Waals surface area contributed by atoms with Gasteiger partial charge in [0.1, 0.15) is 11.5 Å². The maximum Gasteiger partial charge on any atom is 0.433 e. The van der Waals surface area contributed by atoms with Gasteiger partial charge in [-0.05, 0) is 24.6 Å². The number of aromatic nitrogens is 4. The Labute approximate surface area is 282 Å². The van der Waals surface area contributed by atoms with Gasteiger partial charge in [-0.25, -0.2) is 14.6 Å². The minimum Gasteiger partial charge on any atom is -0.481 e. The fraction of sp³-hybridized carbons (Fsp3) is 0.273. The summed E-state index contributed by atoms with van der Waals surface area (Å²) >= 11 is 13.8. The topological polar surface area (TPSA) is 123 Å². The van der Waals surface area contributed by atoms with E-state index in [-0.39, 0.29) is 39.9 Å². The summed E-state index contributed by atoms with van der Waals surface area (Å²) in [7, 11) is 2.91. The lowest BCUT2D eigenvalue weighted by molar-refractivity contribution is -0.140. The van der Waals surface area contributed by atoms with Gasteiger partial charge in [0.25, 0.3) is 5.56 Å². The minimum absolute atomic E-state index is 0.0307. The molecule has 1 aliphatic heterocycles. The number of alkyl halides is 3. The van der Waals surface area contributed by atoms with E-state index in [1.165, 1.54) is 20.4 Å². The summed E-state index contributed by atoms with van der Waals surface area (Å²) in [6, 6.07) is 14.6. The maximum atomic E-state index is 13.7. The van der Waals surface area contributed by atoms with Crippen LogP contribution in [0.3, 0.4) is 0 Å². The molecule has 250 valence electrons. The molecule has 0 aliphatic carbocycles. The van der Waals surface area contributed by atoms with E-state index >= 15 is 0 Å². The second-order valence-electron chi connectivity index (χ2n) is 11.1. The third kappa shape index (κ3) is 6.69. The molecule has 3 aromatic heterocycles. The summed E-state index contributed by atoms with van der Waals surface area (Å²) in [5, 5.41) is 20.6. The Bertz CT molecular complexity index is 2060. The summed E-state index contributed by atoms with van der Waals surface area (Å²) < 4.78 is 53.1. The number of ether oxygens (including phenoxy) is 2. The number of anilines is 2. The number of nitrogens with zero attached hydrogens (tertiary/aromatic N) is 4. The Morgan fingerprint density at radius 2 is 1.79 bits per heavy atom. The monoisotopic (exact) mass is 700 g/mol. The number of hydrogen-bond acceptors (Lipinski definition) is 9. The number of hydrogen-bond donors (Lipinski definition) is 3. The van der Waals surface area contributed by atoms with Gasteiger partial charge >= 0.3 is 6.18 Å². The van der Waals surface area contributed by atoms with Gasteiger partial charge in [0.05, 0.1) is 52.8 Å². The smallest absolute Gasteiger partial charge is 0.433 e. The molecule has 48 heavy (non-hydrogen) atoms. The van der Waals surface area contributed by atoms with E-state index in [2.05, 4.69) is 20.7 Å². The van der Waals surface area contributed by atoms with Crippen LogP contribution in [0, 0.1) is 0 Å². The van der Waals surface area contributed by atoms with Crippen LogP contribution in [0.25, 0.3) is 33.2 Å². The van der Waals surface area contributed by atoms with Crippen LogP contribution in [0.5, 0.6) is 5.88 Å². The first-order chi connectivity index (χ1) is 23.0. The van der Waals surface area contributed by atoms with Gasteiger partial charge in [-0.2, -0.15) is 18.3 Å². The molecule has 3 N–H and O–H groups in total. The molecular weight excluding hydrogens is 672 g/mol. The number of methoxy groups -OCH3 is 1. The van der Waals surface area contributed by atoms with Crippen molar-refractivity contribution in [1.29, 1.82) is 0 Å². The molecule has 1 fully saturated rings. The largest absolute Gasteiger partial charge is 0.481 e. The summed E-state index contributed by atoms with van der Waals surface area (Å²) in [6.07, 6.45) is -3.53. The third-order valence-electron chi connectivity index (χ3n) is 8.05. The zero-order valence-corrected chi connectivity index (χ0v) is 27.1. The van der Waals surface area contributed by atoms with Gasteiger partial charge in [-0.15, -0.1) is 0 Å². The van der Waals surface area contributed by atoms with Gasteiger partial charge in [-0.1, -0.05) is 59.6 Å². The van der Waals surface area contributed by atoms with Gasteiger partial charge in [0, 0.05) is 53.9 Å². The van der Waals surface area contributed by atoms with Crippen LogP contribution < -0.4 is 20.9 Å². The minimum atomic E-state index is -4.77. The quantitative estimate of drug-likeness (QED) is 0.169. The Morgan fingerprint density at radius 1 is 1.06 bits per heavy atom. The highest BCUT2D eigenvalue weighted by Crippen LogP contribution is 2.42. The van der Waals surface area contributed by atoms with Crippen molar-refractivity contribution < 1.29 is 27.8 Å². The number of aliphatic hydroxyl groups excluding tert-OH is 1. The SMILES string of the molecule is COc1nc(-c2cccc(-c3cccc(Nc4nc(C(F)(F)F)cc5cnn(C)c(=O)c45)c3Cl)c2Cl)ccc1CNC1CCOCC1O. The van der Waals surface area contributed by atoms with Crippen molar-refractivity contribution in [2.75, 3.05) is 25.6 Å². The highest BCUT2D eigenvalue weighted by Gasteiger charge is 2.34. The number of nitrogens with one attached hydrogen (secondary N) is 2. The molecule has 2 atom stereocenters. The predicted octanol–water partition coefficient (Wildman–Crippen LogP) is 6.37. The number of pyridine rings is 2. The van der Waals surface area contributed by atoms with Crippen LogP contribution >= 0.6 is 23.2 Å². The Hall–Kier alpha value is -4.27. The maximum absolute atomic E-state index is 13.7. The summed E-state index contributed by atoms with van der Waals surface area (Å²) in [5.41, 5.74) is 1.29. The first kappa shape index (κ1) is 33.6. The summed E-state index contributed by atoms with van der Waals surface area (Å²) in [5.74, 6) is 0.0633. The first-order valence-corrected chi connectivity index (χ1v) is 15.5. The molecule has 0 saturated carbocycles. The number of halogens is 5. The Kier molecular flexibility index (Phi) is 9.59. The van der Waals surface area contributed by atoms with E-state index in [0.717, 1.165) is 16.3 Å². The number of aliphatic hydroxyl groups is 1. The van der Waals surface area contributed by atoms with Crippen LogP contribution in [0.15, 0.2) is 65.6 Å². The molecule has 2 unspecified atom stereocenters. The van der Waals surface area contributed by atoms with Crippen LogP contribution in [0.2, 0.25) is 10.0 Å².